The topological polar surface area (TPSA) is 62.7 Å². The number of hydroxylamine groups is 2. The van der Waals surface area contributed by atoms with Crippen LogP contribution >= 0.6 is 0 Å². The molecule has 2 aliphatic rings. The predicted octanol–water partition coefficient (Wildman–Crippen LogP) is 1.37. The molecule has 0 unspecified atom stereocenters. The molecular weight excluding hydrogens is 282 g/mol. The Bertz CT molecular complexity index is 529. The minimum Gasteiger partial charge on any atom is -0.336 e. The van der Waals surface area contributed by atoms with Crippen LogP contribution in [0.4, 0.5) is 0 Å². The summed E-state index contributed by atoms with van der Waals surface area (Å²) in [6.07, 6.45) is 4.72. The first kappa shape index (κ1) is 15.0. The van der Waals surface area contributed by atoms with E-state index in [0.29, 0.717) is 39.1 Å². The van der Waals surface area contributed by atoms with Crippen LogP contribution in [0, 0.1) is 5.92 Å². The molecule has 6 nitrogen and oxygen atoms in total. The zero-order valence-corrected chi connectivity index (χ0v) is 12.6. The first-order valence-electron chi connectivity index (χ1n) is 7.86. The molecule has 0 aliphatic carbocycles. The lowest BCUT2D eigenvalue weighted by molar-refractivity contribution is -0.202. The molecule has 3 heterocycles. The molecule has 22 heavy (non-hydrogen) atoms. The zero-order valence-electron chi connectivity index (χ0n) is 12.6. The molecule has 2 saturated heterocycles. The van der Waals surface area contributed by atoms with Gasteiger partial charge in [0, 0.05) is 25.7 Å². The Hall–Kier alpha value is -1.95. The van der Waals surface area contributed by atoms with E-state index in [1.54, 1.807) is 11.1 Å². The summed E-state index contributed by atoms with van der Waals surface area (Å²) in [6, 6.07) is 5.65. The number of pyridine rings is 1. The van der Waals surface area contributed by atoms with E-state index in [2.05, 4.69) is 4.98 Å². The van der Waals surface area contributed by atoms with Gasteiger partial charge in [0.15, 0.2) is 0 Å². The summed E-state index contributed by atoms with van der Waals surface area (Å²) in [5, 5.41) is 1.49. The fraction of sp³-hybridized carbons (Fsp3) is 0.562. The summed E-state index contributed by atoms with van der Waals surface area (Å²) in [6.45, 7) is 2.18. The molecular formula is C16H21N3O3. The van der Waals surface area contributed by atoms with Crippen molar-refractivity contribution >= 4 is 11.8 Å². The van der Waals surface area contributed by atoms with Gasteiger partial charge in [-0.1, -0.05) is 6.07 Å². The number of rotatable bonds is 3. The molecule has 6 heteroatoms. The lowest BCUT2D eigenvalue weighted by Crippen LogP contribution is -2.47. The highest BCUT2D eigenvalue weighted by Gasteiger charge is 2.33. The van der Waals surface area contributed by atoms with Gasteiger partial charge in [-0.05, 0) is 31.4 Å². The first-order chi connectivity index (χ1) is 10.7. The first-order valence-corrected chi connectivity index (χ1v) is 7.86. The van der Waals surface area contributed by atoms with Crippen molar-refractivity contribution in [1.82, 2.24) is 14.9 Å². The molecule has 3 rings (SSSR count). The van der Waals surface area contributed by atoms with Crippen molar-refractivity contribution in [1.29, 1.82) is 0 Å². The molecule has 0 saturated carbocycles. The highest BCUT2D eigenvalue weighted by molar-refractivity contribution is 5.83. The smallest absolute Gasteiger partial charge is 0.251 e. The summed E-state index contributed by atoms with van der Waals surface area (Å²) >= 11 is 0. The normalized spacial score (nSPS) is 22.7. The van der Waals surface area contributed by atoms with Crippen molar-refractivity contribution < 1.29 is 14.4 Å². The number of aromatic nitrogens is 1. The Labute approximate surface area is 130 Å². The van der Waals surface area contributed by atoms with Gasteiger partial charge in [-0.15, -0.1) is 0 Å². The standard InChI is InChI=1S/C16H21N3O3/c20-15-7-6-13(16(21)19-9-3-4-10-22-19)11-18(15)12-14-5-1-2-8-17-14/h1-2,5,8,13H,3-4,6-7,9-12H2/t13-/m1/s1. The van der Waals surface area contributed by atoms with Crippen LogP contribution in [-0.2, 0) is 21.0 Å². The van der Waals surface area contributed by atoms with Gasteiger partial charge in [0.1, 0.15) is 0 Å². The third-order valence-corrected chi connectivity index (χ3v) is 4.18. The van der Waals surface area contributed by atoms with Crippen molar-refractivity contribution in [3.8, 4) is 0 Å². The van der Waals surface area contributed by atoms with E-state index in [9.17, 15) is 9.59 Å². The van der Waals surface area contributed by atoms with Crippen LogP contribution in [0.2, 0.25) is 0 Å². The van der Waals surface area contributed by atoms with Gasteiger partial charge >= 0.3 is 0 Å². The Balaban J connectivity index is 1.62. The molecule has 1 aromatic heterocycles. The highest BCUT2D eigenvalue weighted by Crippen LogP contribution is 2.22. The lowest BCUT2D eigenvalue weighted by atomic mass is 9.96. The summed E-state index contributed by atoms with van der Waals surface area (Å²) in [5.74, 6) is -0.0630. The molecule has 1 aromatic rings. The SMILES string of the molecule is O=C1CC[C@@H](C(=O)N2CCCCO2)CN1Cc1ccccn1. The van der Waals surface area contributed by atoms with Crippen molar-refractivity contribution in [3.05, 3.63) is 30.1 Å². The van der Waals surface area contributed by atoms with Gasteiger partial charge in [-0.3, -0.25) is 19.4 Å². The van der Waals surface area contributed by atoms with Crippen LogP contribution in [0.25, 0.3) is 0 Å². The van der Waals surface area contributed by atoms with Gasteiger partial charge in [0.25, 0.3) is 5.91 Å². The largest absolute Gasteiger partial charge is 0.336 e. The molecule has 2 fully saturated rings. The maximum Gasteiger partial charge on any atom is 0.251 e. The number of carbonyl (C=O) groups excluding carboxylic acids is 2. The van der Waals surface area contributed by atoms with Crippen molar-refractivity contribution in [2.24, 2.45) is 5.92 Å². The van der Waals surface area contributed by atoms with E-state index < -0.39 is 0 Å². The molecule has 118 valence electrons. The van der Waals surface area contributed by atoms with Gasteiger partial charge in [-0.2, -0.15) is 0 Å². The lowest BCUT2D eigenvalue weighted by Gasteiger charge is -2.35. The Morgan fingerprint density at radius 3 is 3.00 bits per heavy atom. The second kappa shape index (κ2) is 6.87. The quantitative estimate of drug-likeness (QED) is 0.846. The van der Waals surface area contributed by atoms with Gasteiger partial charge in [0.2, 0.25) is 5.91 Å². The van der Waals surface area contributed by atoms with E-state index in [-0.39, 0.29) is 17.7 Å². The van der Waals surface area contributed by atoms with Crippen LogP contribution in [0.5, 0.6) is 0 Å². The van der Waals surface area contributed by atoms with Gasteiger partial charge in [0.05, 0.1) is 24.8 Å². The van der Waals surface area contributed by atoms with Crippen LogP contribution in [0.15, 0.2) is 24.4 Å². The minimum atomic E-state index is -0.167. The van der Waals surface area contributed by atoms with E-state index in [4.69, 9.17) is 4.84 Å². The second-order valence-corrected chi connectivity index (χ2v) is 5.81. The van der Waals surface area contributed by atoms with Crippen molar-refractivity contribution in [2.75, 3.05) is 19.7 Å². The third-order valence-electron chi connectivity index (χ3n) is 4.18. The number of piperidine rings is 1. The third kappa shape index (κ3) is 3.44. The zero-order chi connectivity index (χ0) is 15.4. The van der Waals surface area contributed by atoms with E-state index >= 15 is 0 Å². The molecule has 0 bridgehead atoms. The van der Waals surface area contributed by atoms with Gasteiger partial charge < -0.3 is 4.90 Å². The number of amides is 2. The van der Waals surface area contributed by atoms with Crippen molar-refractivity contribution in [3.63, 3.8) is 0 Å². The molecule has 0 N–H and O–H groups in total. The van der Waals surface area contributed by atoms with E-state index in [1.165, 1.54) is 5.06 Å². The van der Waals surface area contributed by atoms with E-state index in [0.717, 1.165) is 18.5 Å². The number of carbonyl (C=O) groups is 2. The van der Waals surface area contributed by atoms with Crippen LogP contribution in [0.1, 0.15) is 31.4 Å². The second-order valence-electron chi connectivity index (χ2n) is 5.81. The van der Waals surface area contributed by atoms with Crippen LogP contribution < -0.4 is 0 Å². The van der Waals surface area contributed by atoms with Crippen LogP contribution in [-0.4, -0.2) is 46.5 Å². The minimum absolute atomic E-state index is 0.0122. The number of likely N-dealkylation sites (tertiary alicyclic amines) is 1. The highest BCUT2D eigenvalue weighted by atomic mass is 16.7. The van der Waals surface area contributed by atoms with E-state index in [1.807, 2.05) is 18.2 Å². The fourth-order valence-electron chi connectivity index (χ4n) is 2.93. The monoisotopic (exact) mass is 303 g/mol. The number of hydrogen-bond acceptors (Lipinski definition) is 4. The molecule has 0 spiro atoms. The average Bonchev–Trinajstić information content (AvgIpc) is 2.58. The summed E-state index contributed by atoms with van der Waals surface area (Å²) in [4.78, 5) is 36.0. The number of hydrogen-bond donors (Lipinski definition) is 0. The Morgan fingerprint density at radius 1 is 1.36 bits per heavy atom. The maximum atomic E-state index is 12.5. The average molecular weight is 303 g/mol. The summed E-state index contributed by atoms with van der Waals surface area (Å²) in [7, 11) is 0. The maximum absolute atomic E-state index is 12.5. The van der Waals surface area contributed by atoms with Gasteiger partial charge in [-0.25, -0.2) is 5.06 Å². The summed E-state index contributed by atoms with van der Waals surface area (Å²) < 4.78 is 0. The molecule has 2 aliphatic heterocycles. The Kier molecular flexibility index (Phi) is 4.68. The molecule has 1 atom stereocenters. The van der Waals surface area contributed by atoms with Crippen LogP contribution in [0.3, 0.4) is 0 Å². The number of nitrogens with zero attached hydrogens (tertiary/aromatic N) is 3. The summed E-state index contributed by atoms with van der Waals surface area (Å²) in [5.41, 5.74) is 0.846. The molecule has 0 aromatic carbocycles. The molecule has 2 amide bonds. The predicted molar refractivity (Wildman–Crippen MR) is 79.3 cm³/mol. The fourth-order valence-corrected chi connectivity index (χ4v) is 2.93. The van der Waals surface area contributed by atoms with Crippen molar-refractivity contribution in [2.45, 2.75) is 32.2 Å². The molecule has 0 radical (unpaired) electrons. The Morgan fingerprint density at radius 2 is 2.27 bits per heavy atom.